The van der Waals surface area contributed by atoms with Crippen molar-refractivity contribution in [3.63, 3.8) is 0 Å². The molecule has 5 aliphatic rings. The molecule has 1 heterocycles. The largest absolute Gasteiger partial charge is 0.393 e. The Morgan fingerprint density at radius 3 is 2.72 bits per heavy atom. The van der Waals surface area contributed by atoms with Crippen LogP contribution >= 0.6 is 15.9 Å². The molecule has 3 nitrogen and oxygen atoms in total. The van der Waals surface area contributed by atoms with Crippen LogP contribution in [0.15, 0.2) is 0 Å². The van der Waals surface area contributed by atoms with Crippen molar-refractivity contribution in [1.82, 2.24) is 0 Å². The average Bonchev–Trinajstić information content (AvgIpc) is 2.97. The van der Waals surface area contributed by atoms with Crippen LogP contribution in [0.25, 0.3) is 0 Å². The number of aliphatic hydroxyl groups excluding tert-OH is 1. The number of halogens is 1. The van der Waals surface area contributed by atoms with Crippen LogP contribution in [-0.2, 0) is 9.53 Å². The van der Waals surface area contributed by atoms with E-state index in [1.807, 2.05) is 6.92 Å². The Balaban J connectivity index is 1.52. The van der Waals surface area contributed by atoms with Crippen molar-refractivity contribution in [1.29, 1.82) is 0 Å². The molecule has 4 saturated carbocycles. The Kier molecular flexibility index (Phi) is 3.66. The molecule has 0 aromatic rings. The lowest BCUT2D eigenvalue weighted by Crippen LogP contribution is -2.63. The highest BCUT2D eigenvalue weighted by Gasteiger charge is 2.72. The van der Waals surface area contributed by atoms with Crippen molar-refractivity contribution in [2.45, 2.75) is 81.7 Å². The predicted molar refractivity (Wildman–Crippen MR) is 99.5 cm³/mol. The summed E-state index contributed by atoms with van der Waals surface area (Å²) in [5, 5.41) is 10.3. The summed E-state index contributed by atoms with van der Waals surface area (Å²) >= 11 is 4.14. The van der Waals surface area contributed by atoms with Gasteiger partial charge >= 0.3 is 0 Å². The lowest BCUT2D eigenvalue weighted by molar-refractivity contribution is -0.131. The number of ketones is 1. The fraction of sp³-hybridized carbons (Fsp3) is 0.952. The van der Waals surface area contributed by atoms with E-state index in [1.54, 1.807) is 0 Å². The van der Waals surface area contributed by atoms with E-state index in [4.69, 9.17) is 4.74 Å². The minimum absolute atomic E-state index is 0.0227. The zero-order valence-corrected chi connectivity index (χ0v) is 17.1. The van der Waals surface area contributed by atoms with E-state index >= 15 is 0 Å². The molecule has 0 amide bonds. The van der Waals surface area contributed by atoms with E-state index in [9.17, 15) is 9.90 Å². The first-order valence-corrected chi connectivity index (χ1v) is 11.1. The van der Waals surface area contributed by atoms with Crippen LogP contribution in [0.3, 0.4) is 0 Å². The molecule has 9 atom stereocenters. The SMILES string of the molecule is CC(=O)[C@H]1CC[C@H]2[C@@H]3C[C@@H]4OC[C@@]5(CC[C@H](O)C[C@]45Br)[C@H]3CC[C@]12C. The summed E-state index contributed by atoms with van der Waals surface area (Å²) in [6.45, 7) is 5.09. The summed E-state index contributed by atoms with van der Waals surface area (Å²) in [5.41, 5.74) is 0.416. The number of Topliss-reactive ketones (excluding diaryl/α,β-unsaturated/α-hetero) is 1. The first-order valence-electron chi connectivity index (χ1n) is 10.3. The van der Waals surface area contributed by atoms with Crippen molar-refractivity contribution in [2.75, 3.05) is 6.61 Å². The summed E-state index contributed by atoms with van der Waals surface area (Å²) in [5.74, 6) is 2.77. The molecule has 1 saturated heterocycles. The van der Waals surface area contributed by atoms with E-state index < -0.39 is 0 Å². The lowest BCUT2D eigenvalue weighted by Gasteiger charge is -2.62. The van der Waals surface area contributed by atoms with Crippen molar-refractivity contribution >= 4 is 21.7 Å². The van der Waals surface area contributed by atoms with Gasteiger partial charge in [0.25, 0.3) is 0 Å². The van der Waals surface area contributed by atoms with Gasteiger partial charge in [0.2, 0.25) is 0 Å². The second kappa shape index (κ2) is 5.32. The van der Waals surface area contributed by atoms with Gasteiger partial charge in [-0.15, -0.1) is 0 Å². The summed E-state index contributed by atoms with van der Waals surface area (Å²) in [4.78, 5) is 12.3. The summed E-state index contributed by atoms with van der Waals surface area (Å²) < 4.78 is 6.37. The van der Waals surface area contributed by atoms with Crippen LogP contribution in [0.5, 0.6) is 0 Å². The number of rotatable bonds is 1. The fourth-order valence-corrected chi connectivity index (χ4v) is 9.68. The topological polar surface area (TPSA) is 46.5 Å². The van der Waals surface area contributed by atoms with Gasteiger partial charge in [-0.25, -0.2) is 0 Å². The van der Waals surface area contributed by atoms with E-state index in [1.165, 1.54) is 19.3 Å². The van der Waals surface area contributed by atoms with Gasteiger partial charge in [0, 0.05) is 11.3 Å². The first kappa shape index (κ1) is 17.2. The van der Waals surface area contributed by atoms with Gasteiger partial charge in [-0.1, -0.05) is 22.9 Å². The highest BCUT2D eigenvalue weighted by molar-refractivity contribution is 9.10. The van der Waals surface area contributed by atoms with E-state index in [2.05, 4.69) is 22.9 Å². The monoisotopic (exact) mass is 410 g/mol. The molecule has 4 heteroatoms. The number of ether oxygens (including phenoxy) is 1. The predicted octanol–water partition coefficient (Wildman–Crippen LogP) is 4.10. The molecule has 2 bridgehead atoms. The zero-order chi connectivity index (χ0) is 17.6. The molecule has 25 heavy (non-hydrogen) atoms. The van der Waals surface area contributed by atoms with Crippen molar-refractivity contribution < 1.29 is 14.6 Å². The molecule has 0 aromatic carbocycles. The van der Waals surface area contributed by atoms with Crippen molar-refractivity contribution in [3.05, 3.63) is 0 Å². The van der Waals surface area contributed by atoms with E-state index in [0.29, 0.717) is 23.5 Å². The van der Waals surface area contributed by atoms with Gasteiger partial charge < -0.3 is 9.84 Å². The maximum atomic E-state index is 12.3. The Bertz CT molecular complexity index is 608. The Labute approximate surface area is 159 Å². The van der Waals surface area contributed by atoms with Crippen LogP contribution in [0.4, 0.5) is 0 Å². The van der Waals surface area contributed by atoms with Gasteiger partial charge in [0.1, 0.15) is 5.78 Å². The number of hydrogen-bond donors (Lipinski definition) is 1. The van der Waals surface area contributed by atoms with Crippen LogP contribution in [0, 0.1) is 34.5 Å². The van der Waals surface area contributed by atoms with Crippen LogP contribution in [0.2, 0.25) is 0 Å². The van der Waals surface area contributed by atoms with Crippen LogP contribution in [0.1, 0.15) is 65.2 Å². The lowest BCUT2D eigenvalue weighted by atomic mass is 9.44. The number of aliphatic hydroxyl groups is 1. The van der Waals surface area contributed by atoms with Crippen LogP contribution in [-0.4, -0.2) is 34.0 Å². The van der Waals surface area contributed by atoms with Gasteiger partial charge in [-0.2, -0.15) is 0 Å². The van der Waals surface area contributed by atoms with Crippen LogP contribution < -0.4 is 0 Å². The molecule has 0 unspecified atom stereocenters. The quantitative estimate of drug-likeness (QED) is 0.661. The smallest absolute Gasteiger partial charge is 0.133 e. The number of fused-ring (bicyclic) bond motifs is 3. The number of carbonyl (C=O) groups excluding carboxylic acids is 1. The molecule has 140 valence electrons. The molecule has 1 aliphatic heterocycles. The molecule has 4 aliphatic carbocycles. The summed E-state index contributed by atoms with van der Waals surface area (Å²) in [6.07, 6.45) is 8.79. The number of alkyl halides is 1. The normalized spacial score (nSPS) is 59.8. The molecule has 0 radical (unpaired) electrons. The highest BCUT2D eigenvalue weighted by Crippen LogP contribution is 2.72. The van der Waals surface area contributed by atoms with Gasteiger partial charge in [0.05, 0.1) is 23.1 Å². The molecule has 0 aromatic heterocycles. The summed E-state index contributed by atoms with van der Waals surface area (Å²) in [7, 11) is 0. The highest BCUT2D eigenvalue weighted by atomic mass is 79.9. The Hall–Kier alpha value is 0.0700. The molecule has 5 rings (SSSR count). The Morgan fingerprint density at radius 2 is 1.96 bits per heavy atom. The molecule has 1 N–H and O–H groups in total. The molecule has 5 fully saturated rings. The number of hydrogen-bond acceptors (Lipinski definition) is 3. The molecular formula is C21H31BrO3. The Morgan fingerprint density at radius 1 is 1.16 bits per heavy atom. The summed E-state index contributed by atoms with van der Waals surface area (Å²) in [6, 6.07) is 0. The second-order valence-electron chi connectivity index (χ2n) is 10.1. The first-order chi connectivity index (χ1) is 11.8. The van der Waals surface area contributed by atoms with Gasteiger partial charge in [0.15, 0.2) is 0 Å². The third kappa shape index (κ3) is 1.97. The molecular weight excluding hydrogens is 380 g/mol. The fourth-order valence-electron chi connectivity index (χ4n) is 8.38. The minimum atomic E-state index is -0.185. The average molecular weight is 411 g/mol. The van der Waals surface area contributed by atoms with Crippen molar-refractivity contribution in [2.24, 2.45) is 34.5 Å². The third-order valence-electron chi connectivity index (χ3n) is 9.46. The zero-order valence-electron chi connectivity index (χ0n) is 15.5. The minimum Gasteiger partial charge on any atom is -0.393 e. The van der Waals surface area contributed by atoms with Gasteiger partial charge in [-0.3, -0.25) is 4.79 Å². The second-order valence-corrected chi connectivity index (χ2v) is 11.5. The van der Waals surface area contributed by atoms with Gasteiger partial charge in [-0.05, 0) is 81.5 Å². The van der Waals surface area contributed by atoms with Crippen molar-refractivity contribution in [3.8, 4) is 0 Å². The van der Waals surface area contributed by atoms with E-state index in [-0.39, 0.29) is 33.3 Å². The standard InChI is InChI=1S/C21H31BrO3/c1-12(23)15-3-4-16-14-9-18-21(22)10-13(24)5-8-20(21,11-25-18)17(14)6-7-19(15,16)2/h13-18,24H,3-11H2,1-2H3/t13-,14-,15+,16-,17-,18-,19+,20-,21-/m0/s1. The maximum Gasteiger partial charge on any atom is 0.133 e. The van der Waals surface area contributed by atoms with E-state index in [0.717, 1.165) is 38.7 Å². The number of carbonyl (C=O) groups is 1. The third-order valence-corrected chi connectivity index (χ3v) is 11.1. The maximum absolute atomic E-state index is 12.3. The molecule has 0 spiro atoms.